The molecule has 1 unspecified atom stereocenters. The van der Waals surface area contributed by atoms with Crippen LogP contribution in [0.4, 0.5) is 4.39 Å². The van der Waals surface area contributed by atoms with Crippen molar-refractivity contribution in [3.05, 3.63) is 51.6 Å². The summed E-state index contributed by atoms with van der Waals surface area (Å²) in [5, 5.41) is 4.82. The predicted molar refractivity (Wildman–Crippen MR) is 96.9 cm³/mol. The Hall–Kier alpha value is -2.15. The van der Waals surface area contributed by atoms with Crippen LogP contribution in [0.2, 0.25) is 0 Å². The van der Waals surface area contributed by atoms with Gasteiger partial charge >= 0.3 is 0 Å². The SMILES string of the molecule is Cc1nn(C)cc1C1CCCN1C(=O)c1cc2c(F)cc(Br)cc2[nH]1. The summed E-state index contributed by atoms with van der Waals surface area (Å²) < 4.78 is 16.5. The van der Waals surface area contributed by atoms with Crippen LogP contribution in [0.3, 0.4) is 0 Å². The number of nitrogens with zero attached hydrogens (tertiary/aromatic N) is 3. The monoisotopic (exact) mass is 404 g/mol. The average molecular weight is 405 g/mol. The molecule has 1 saturated heterocycles. The van der Waals surface area contributed by atoms with Gasteiger partial charge in [0.15, 0.2) is 0 Å². The Bertz CT molecular complexity index is 977. The minimum atomic E-state index is -0.347. The van der Waals surface area contributed by atoms with Crippen LogP contribution in [-0.2, 0) is 7.05 Å². The van der Waals surface area contributed by atoms with Gasteiger partial charge in [0.05, 0.1) is 17.3 Å². The van der Waals surface area contributed by atoms with Gasteiger partial charge in [-0.15, -0.1) is 0 Å². The van der Waals surface area contributed by atoms with E-state index in [1.807, 2.05) is 25.1 Å². The van der Waals surface area contributed by atoms with Gasteiger partial charge in [-0.1, -0.05) is 15.9 Å². The van der Waals surface area contributed by atoms with Gasteiger partial charge in [-0.05, 0) is 38.0 Å². The van der Waals surface area contributed by atoms with Crippen LogP contribution in [0.5, 0.6) is 0 Å². The third kappa shape index (κ3) is 2.76. The maximum absolute atomic E-state index is 14.1. The Morgan fingerprint density at radius 3 is 2.92 bits per heavy atom. The van der Waals surface area contributed by atoms with Gasteiger partial charge < -0.3 is 9.88 Å². The first-order valence-electron chi connectivity index (χ1n) is 8.23. The van der Waals surface area contributed by atoms with Crippen molar-refractivity contribution in [2.24, 2.45) is 7.05 Å². The molecule has 0 spiro atoms. The molecule has 1 atom stereocenters. The van der Waals surface area contributed by atoms with Gasteiger partial charge in [-0.3, -0.25) is 9.48 Å². The summed E-state index contributed by atoms with van der Waals surface area (Å²) in [4.78, 5) is 18.0. The summed E-state index contributed by atoms with van der Waals surface area (Å²) in [5.41, 5.74) is 3.06. The maximum Gasteiger partial charge on any atom is 0.270 e. The summed E-state index contributed by atoms with van der Waals surface area (Å²) in [5.74, 6) is -0.446. The van der Waals surface area contributed by atoms with E-state index in [2.05, 4.69) is 26.0 Å². The van der Waals surface area contributed by atoms with Crippen molar-refractivity contribution < 1.29 is 9.18 Å². The van der Waals surface area contributed by atoms with Gasteiger partial charge in [0, 0.05) is 35.2 Å². The van der Waals surface area contributed by atoms with Crippen molar-refractivity contribution in [1.29, 1.82) is 0 Å². The molecule has 1 aliphatic rings. The van der Waals surface area contributed by atoms with E-state index in [4.69, 9.17) is 0 Å². The zero-order valence-corrected chi connectivity index (χ0v) is 15.6. The van der Waals surface area contributed by atoms with Crippen LogP contribution < -0.4 is 0 Å². The molecule has 1 fully saturated rings. The normalized spacial score (nSPS) is 17.6. The largest absolute Gasteiger partial charge is 0.350 e. The second-order valence-electron chi connectivity index (χ2n) is 6.53. The number of hydrogen-bond donors (Lipinski definition) is 1. The molecule has 3 heterocycles. The predicted octanol–water partition coefficient (Wildman–Crippen LogP) is 4.09. The lowest BCUT2D eigenvalue weighted by atomic mass is 10.1. The Morgan fingerprint density at radius 1 is 1.40 bits per heavy atom. The van der Waals surface area contributed by atoms with E-state index >= 15 is 0 Å². The van der Waals surface area contributed by atoms with Gasteiger partial charge in [-0.2, -0.15) is 5.10 Å². The number of nitrogens with one attached hydrogen (secondary N) is 1. The molecule has 0 aliphatic carbocycles. The Morgan fingerprint density at radius 2 is 2.20 bits per heavy atom. The molecule has 0 saturated carbocycles. The van der Waals surface area contributed by atoms with Gasteiger partial charge in [0.2, 0.25) is 0 Å². The van der Waals surface area contributed by atoms with Crippen molar-refractivity contribution in [3.8, 4) is 0 Å². The molecule has 3 aromatic rings. The number of benzene rings is 1. The van der Waals surface area contributed by atoms with Crippen LogP contribution >= 0.6 is 15.9 Å². The van der Waals surface area contributed by atoms with E-state index < -0.39 is 0 Å². The fourth-order valence-corrected chi connectivity index (χ4v) is 4.14. The van der Waals surface area contributed by atoms with Gasteiger partial charge in [-0.25, -0.2) is 4.39 Å². The molecular formula is C18H18BrFN4O. The molecule has 1 amide bonds. The molecule has 0 bridgehead atoms. The molecule has 0 radical (unpaired) electrons. The van der Waals surface area contributed by atoms with Crippen LogP contribution in [0.25, 0.3) is 10.9 Å². The molecule has 25 heavy (non-hydrogen) atoms. The molecule has 2 aromatic heterocycles. The first-order chi connectivity index (χ1) is 11.9. The number of fused-ring (bicyclic) bond motifs is 1. The zero-order chi connectivity index (χ0) is 17.7. The van der Waals surface area contributed by atoms with Crippen LogP contribution in [0, 0.1) is 12.7 Å². The lowest BCUT2D eigenvalue weighted by molar-refractivity contribution is 0.0730. The summed E-state index contributed by atoms with van der Waals surface area (Å²) in [6.07, 6.45) is 3.84. The highest BCUT2D eigenvalue weighted by atomic mass is 79.9. The minimum Gasteiger partial charge on any atom is -0.350 e. The number of amides is 1. The van der Waals surface area contributed by atoms with E-state index in [0.29, 0.717) is 27.6 Å². The average Bonchev–Trinajstić information content (AvgIpc) is 3.24. The van der Waals surface area contributed by atoms with Crippen molar-refractivity contribution in [1.82, 2.24) is 19.7 Å². The maximum atomic E-state index is 14.1. The minimum absolute atomic E-state index is 0.0178. The van der Waals surface area contributed by atoms with E-state index in [0.717, 1.165) is 24.1 Å². The van der Waals surface area contributed by atoms with E-state index in [9.17, 15) is 9.18 Å². The molecule has 7 heteroatoms. The van der Waals surface area contributed by atoms with Crippen molar-refractivity contribution in [2.45, 2.75) is 25.8 Å². The van der Waals surface area contributed by atoms with E-state index in [1.54, 1.807) is 16.8 Å². The topological polar surface area (TPSA) is 53.9 Å². The highest BCUT2D eigenvalue weighted by molar-refractivity contribution is 9.10. The number of aromatic amines is 1. The molecule has 5 nitrogen and oxygen atoms in total. The lowest BCUT2D eigenvalue weighted by Gasteiger charge is -2.24. The summed E-state index contributed by atoms with van der Waals surface area (Å²) >= 11 is 3.28. The lowest BCUT2D eigenvalue weighted by Crippen LogP contribution is -2.31. The zero-order valence-electron chi connectivity index (χ0n) is 14.0. The fourth-order valence-electron chi connectivity index (χ4n) is 3.71. The Kier molecular flexibility index (Phi) is 3.91. The number of hydrogen-bond acceptors (Lipinski definition) is 2. The van der Waals surface area contributed by atoms with Crippen LogP contribution in [-0.4, -0.2) is 32.1 Å². The molecule has 4 rings (SSSR count). The van der Waals surface area contributed by atoms with Crippen LogP contribution in [0.1, 0.15) is 40.6 Å². The van der Waals surface area contributed by atoms with Crippen molar-refractivity contribution >= 4 is 32.7 Å². The van der Waals surface area contributed by atoms with Gasteiger partial charge in [0.25, 0.3) is 5.91 Å². The molecule has 1 aromatic carbocycles. The summed E-state index contributed by atoms with van der Waals surface area (Å²) in [6, 6.07) is 4.80. The number of rotatable bonds is 2. The van der Waals surface area contributed by atoms with Gasteiger partial charge in [0.1, 0.15) is 11.5 Å². The number of H-pyrrole nitrogens is 1. The molecule has 1 N–H and O–H groups in total. The Balaban J connectivity index is 1.70. The van der Waals surface area contributed by atoms with Crippen molar-refractivity contribution in [3.63, 3.8) is 0 Å². The Labute approximate surface area is 152 Å². The second-order valence-corrected chi connectivity index (χ2v) is 7.45. The van der Waals surface area contributed by atoms with E-state index in [1.165, 1.54) is 6.07 Å². The first kappa shape index (κ1) is 16.3. The summed E-state index contributed by atoms with van der Waals surface area (Å²) in [7, 11) is 1.88. The molecule has 130 valence electrons. The second kappa shape index (κ2) is 5.98. The standard InChI is InChI=1S/C18H18BrFN4O/c1-10-13(9-23(2)22-10)17-4-3-5-24(17)18(25)16-8-12-14(20)6-11(19)7-15(12)21-16/h6-9,17,21H,3-5H2,1-2H3. The van der Waals surface area contributed by atoms with E-state index in [-0.39, 0.29) is 17.8 Å². The number of halogens is 2. The van der Waals surface area contributed by atoms with Crippen LogP contribution in [0.15, 0.2) is 28.9 Å². The number of carbonyl (C=O) groups is 1. The van der Waals surface area contributed by atoms with Crippen molar-refractivity contribution in [2.75, 3.05) is 6.54 Å². The first-order valence-corrected chi connectivity index (χ1v) is 9.02. The molecule has 1 aliphatic heterocycles. The summed E-state index contributed by atoms with van der Waals surface area (Å²) in [6.45, 7) is 2.66. The number of likely N-dealkylation sites (tertiary alicyclic amines) is 1. The third-order valence-electron chi connectivity index (χ3n) is 4.81. The fraction of sp³-hybridized carbons (Fsp3) is 0.333. The quantitative estimate of drug-likeness (QED) is 0.699. The highest BCUT2D eigenvalue weighted by Gasteiger charge is 2.33. The highest BCUT2D eigenvalue weighted by Crippen LogP contribution is 2.35. The number of carbonyl (C=O) groups excluding carboxylic acids is 1. The third-order valence-corrected chi connectivity index (χ3v) is 5.26. The smallest absolute Gasteiger partial charge is 0.270 e. The number of aryl methyl sites for hydroxylation is 2. The number of aromatic nitrogens is 3. The molecular weight excluding hydrogens is 387 g/mol.